The molecular weight excluding hydrogens is 192 g/mol. The van der Waals surface area contributed by atoms with Crippen molar-refractivity contribution in [3.05, 3.63) is 23.8 Å². The van der Waals surface area contributed by atoms with E-state index in [9.17, 15) is 4.79 Å². The van der Waals surface area contributed by atoms with E-state index in [1.807, 2.05) is 0 Å². The van der Waals surface area contributed by atoms with Gasteiger partial charge in [0.2, 0.25) is 0 Å². The minimum absolute atomic E-state index is 0.0201. The number of nitrogen functional groups attached to an aromatic ring is 2. The van der Waals surface area contributed by atoms with E-state index in [-0.39, 0.29) is 12.4 Å². The van der Waals surface area contributed by atoms with E-state index in [2.05, 4.69) is 0 Å². The maximum Gasteiger partial charge on any atom is 0.165 e. The van der Waals surface area contributed by atoms with Crippen LogP contribution in [0.15, 0.2) is 18.2 Å². The fraction of sp³-hybridized carbons (Fsp3) is 0.364. The lowest BCUT2D eigenvalue weighted by Gasteiger charge is -2.05. The van der Waals surface area contributed by atoms with Crippen molar-refractivity contribution < 1.29 is 9.90 Å². The molecule has 1 aromatic rings. The van der Waals surface area contributed by atoms with Gasteiger partial charge in [-0.05, 0) is 31.0 Å². The third kappa shape index (κ3) is 3.25. The number of hydrogen-bond acceptors (Lipinski definition) is 4. The molecule has 4 heteroatoms. The summed E-state index contributed by atoms with van der Waals surface area (Å²) in [7, 11) is 0. The van der Waals surface area contributed by atoms with Crippen LogP contribution < -0.4 is 11.5 Å². The number of Topliss-reactive ketones (excluding diaryl/α,β-unsaturated/α-hetero) is 1. The molecule has 5 N–H and O–H groups in total. The Bertz CT molecular complexity index is 350. The molecule has 0 heterocycles. The molecule has 4 nitrogen and oxygen atoms in total. The highest BCUT2D eigenvalue weighted by atomic mass is 16.2. The molecule has 0 aromatic heterocycles. The van der Waals surface area contributed by atoms with Crippen LogP contribution in [0.4, 0.5) is 11.4 Å². The number of rotatable bonds is 5. The van der Waals surface area contributed by atoms with Crippen molar-refractivity contribution >= 4 is 17.2 Å². The Balaban J connectivity index is 2.68. The quantitative estimate of drug-likeness (QED) is 0.385. The van der Waals surface area contributed by atoms with Crippen molar-refractivity contribution in [2.45, 2.75) is 19.3 Å². The van der Waals surface area contributed by atoms with E-state index in [4.69, 9.17) is 16.6 Å². The highest BCUT2D eigenvalue weighted by Gasteiger charge is 2.09. The lowest BCUT2D eigenvalue weighted by Crippen LogP contribution is -2.05. The highest BCUT2D eigenvalue weighted by Crippen LogP contribution is 2.18. The van der Waals surface area contributed by atoms with Crippen molar-refractivity contribution in [1.82, 2.24) is 0 Å². The number of aliphatic hydroxyl groups excluding tert-OH is 1. The molecule has 1 rings (SSSR count). The van der Waals surface area contributed by atoms with Gasteiger partial charge in [0.05, 0.1) is 0 Å². The van der Waals surface area contributed by atoms with Crippen LogP contribution in [0.25, 0.3) is 0 Å². The number of aliphatic hydroxyl groups is 1. The Hall–Kier alpha value is -1.55. The number of carbonyl (C=O) groups excluding carboxylic acids is 1. The first kappa shape index (κ1) is 11.5. The predicted molar refractivity (Wildman–Crippen MR) is 60.5 cm³/mol. The number of unbranched alkanes of at least 4 members (excludes halogenated alkanes) is 1. The molecule has 0 bridgehead atoms. The van der Waals surface area contributed by atoms with E-state index in [1.54, 1.807) is 18.2 Å². The molecule has 15 heavy (non-hydrogen) atoms. The van der Waals surface area contributed by atoms with Gasteiger partial charge in [-0.25, -0.2) is 0 Å². The number of hydrogen-bond donors (Lipinski definition) is 3. The molecule has 0 unspecified atom stereocenters. The SMILES string of the molecule is Nc1ccc(N)c(C(=O)CCCCO)c1. The standard InChI is InChI=1S/C11H16N2O2/c12-8-4-5-10(13)9(7-8)11(15)3-1-2-6-14/h4-5,7,14H,1-3,6,12-13H2. The normalized spacial score (nSPS) is 10.2. The van der Waals surface area contributed by atoms with Crippen LogP contribution in [-0.4, -0.2) is 17.5 Å². The van der Waals surface area contributed by atoms with Crippen molar-refractivity contribution in [2.24, 2.45) is 0 Å². The van der Waals surface area contributed by atoms with Crippen molar-refractivity contribution in [3.8, 4) is 0 Å². The molecule has 82 valence electrons. The molecule has 0 aliphatic heterocycles. The topological polar surface area (TPSA) is 89.3 Å². The summed E-state index contributed by atoms with van der Waals surface area (Å²) < 4.78 is 0. The van der Waals surface area contributed by atoms with E-state index in [1.165, 1.54) is 0 Å². The minimum Gasteiger partial charge on any atom is -0.399 e. The molecule has 0 saturated heterocycles. The summed E-state index contributed by atoms with van der Waals surface area (Å²) in [5.74, 6) is -0.0201. The van der Waals surface area contributed by atoms with E-state index >= 15 is 0 Å². The van der Waals surface area contributed by atoms with Crippen molar-refractivity contribution in [2.75, 3.05) is 18.1 Å². The zero-order chi connectivity index (χ0) is 11.3. The van der Waals surface area contributed by atoms with Gasteiger partial charge < -0.3 is 16.6 Å². The second kappa shape index (κ2) is 5.36. The fourth-order valence-electron chi connectivity index (χ4n) is 1.35. The van der Waals surface area contributed by atoms with Crippen LogP contribution in [0.5, 0.6) is 0 Å². The molecule has 0 saturated carbocycles. The van der Waals surface area contributed by atoms with Gasteiger partial charge in [-0.15, -0.1) is 0 Å². The Morgan fingerprint density at radius 1 is 1.27 bits per heavy atom. The lowest BCUT2D eigenvalue weighted by molar-refractivity contribution is 0.0978. The second-order valence-electron chi connectivity index (χ2n) is 3.45. The molecule has 0 fully saturated rings. The first-order valence-electron chi connectivity index (χ1n) is 4.94. The van der Waals surface area contributed by atoms with Crippen LogP contribution in [-0.2, 0) is 0 Å². The van der Waals surface area contributed by atoms with Gasteiger partial charge in [-0.2, -0.15) is 0 Å². The summed E-state index contributed by atoms with van der Waals surface area (Å²) in [6, 6.07) is 4.89. The molecule has 1 aromatic carbocycles. The monoisotopic (exact) mass is 208 g/mol. The number of nitrogens with two attached hydrogens (primary N) is 2. The lowest BCUT2D eigenvalue weighted by atomic mass is 10.0. The Labute approximate surface area is 88.9 Å². The smallest absolute Gasteiger partial charge is 0.165 e. The largest absolute Gasteiger partial charge is 0.399 e. The van der Waals surface area contributed by atoms with Crippen LogP contribution in [0.2, 0.25) is 0 Å². The van der Waals surface area contributed by atoms with Crippen molar-refractivity contribution in [3.63, 3.8) is 0 Å². The molecule has 0 aliphatic rings. The van der Waals surface area contributed by atoms with Crippen LogP contribution in [0, 0.1) is 0 Å². The first-order valence-corrected chi connectivity index (χ1v) is 4.94. The molecule has 0 radical (unpaired) electrons. The van der Waals surface area contributed by atoms with Gasteiger partial charge in [0.1, 0.15) is 0 Å². The first-order chi connectivity index (χ1) is 7.15. The molecule has 0 spiro atoms. The van der Waals surface area contributed by atoms with Gasteiger partial charge in [-0.1, -0.05) is 0 Å². The maximum absolute atomic E-state index is 11.7. The predicted octanol–water partition coefficient (Wildman–Crippen LogP) is 1.20. The van der Waals surface area contributed by atoms with Gasteiger partial charge in [0.15, 0.2) is 5.78 Å². The molecule has 0 aliphatic carbocycles. The number of anilines is 2. The number of carbonyl (C=O) groups is 1. The van der Waals surface area contributed by atoms with Gasteiger partial charge >= 0.3 is 0 Å². The minimum atomic E-state index is -0.0201. The summed E-state index contributed by atoms with van der Waals surface area (Å²) in [6.07, 6.45) is 1.70. The summed E-state index contributed by atoms with van der Waals surface area (Å²) >= 11 is 0. The van der Waals surface area contributed by atoms with Crippen LogP contribution >= 0.6 is 0 Å². The third-order valence-electron chi connectivity index (χ3n) is 2.19. The van der Waals surface area contributed by atoms with Crippen LogP contribution in [0.3, 0.4) is 0 Å². The fourth-order valence-corrected chi connectivity index (χ4v) is 1.35. The van der Waals surface area contributed by atoms with E-state index < -0.39 is 0 Å². The Morgan fingerprint density at radius 2 is 2.00 bits per heavy atom. The summed E-state index contributed by atoms with van der Waals surface area (Å²) in [5.41, 5.74) is 12.7. The summed E-state index contributed by atoms with van der Waals surface area (Å²) in [5, 5.41) is 8.59. The molecular formula is C11H16N2O2. The summed E-state index contributed by atoms with van der Waals surface area (Å²) in [4.78, 5) is 11.7. The Morgan fingerprint density at radius 3 is 2.67 bits per heavy atom. The zero-order valence-corrected chi connectivity index (χ0v) is 8.57. The van der Waals surface area contributed by atoms with E-state index in [0.717, 1.165) is 0 Å². The average molecular weight is 208 g/mol. The maximum atomic E-state index is 11.7. The average Bonchev–Trinajstić information content (AvgIpc) is 2.22. The third-order valence-corrected chi connectivity index (χ3v) is 2.19. The number of ketones is 1. The van der Waals surface area contributed by atoms with Crippen LogP contribution in [0.1, 0.15) is 29.6 Å². The van der Waals surface area contributed by atoms with Crippen molar-refractivity contribution in [1.29, 1.82) is 0 Å². The molecule has 0 atom stereocenters. The van der Waals surface area contributed by atoms with Gasteiger partial charge in [0.25, 0.3) is 0 Å². The highest BCUT2D eigenvalue weighted by molar-refractivity contribution is 6.01. The summed E-state index contributed by atoms with van der Waals surface area (Å²) in [6.45, 7) is 0.111. The van der Waals surface area contributed by atoms with Gasteiger partial charge in [-0.3, -0.25) is 4.79 Å². The Kier molecular flexibility index (Phi) is 4.12. The van der Waals surface area contributed by atoms with Gasteiger partial charge in [0, 0.05) is 30.0 Å². The zero-order valence-electron chi connectivity index (χ0n) is 8.57. The number of benzene rings is 1. The van der Waals surface area contributed by atoms with E-state index in [0.29, 0.717) is 36.2 Å². The molecule has 0 amide bonds. The second-order valence-corrected chi connectivity index (χ2v) is 3.45.